The van der Waals surface area contributed by atoms with Gasteiger partial charge in [0, 0.05) is 24.5 Å². The van der Waals surface area contributed by atoms with Crippen LogP contribution in [0.1, 0.15) is 21.5 Å². The predicted octanol–water partition coefficient (Wildman–Crippen LogP) is 4.04. The van der Waals surface area contributed by atoms with Crippen LogP contribution in [-0.4, -0.2) is 21.0 Å². The summed E-state index contributed by atoms with van der Waals surface area (Å²) in [5.74, 6) is 0.586. The third-order valence-corrected chi connectivity index (χ3v) is 4.28. The Labute approximate surface area is 162 Å². The van der Waals surface area contributed by atoms with E-state index in [1.165, 1.54) is 0 Å². The smallest absolute Gasteiger partial charge is 0.259 e. The minimum absolute atomic E-state index is 0.213. The summed E-state index contributed by atoms with van der Waals surface area (Å²) < 4.78 is 5.45. The van der Waals surface area contributed by atoms with Crippen LogP contribution in [0, 0.1) is 6.92 Å². The number of amides is 1. The summed E-state index contributed by atoms with van der Waals surface area (Å²) in [6, 6.07) is 18.8. The Kier molecular flexibility index (Phi) is 4.93. The van der Waals surface area contributed by atoms with Crippen LogP contribution in [0.3, 0.4) is 0 Å². The number of carbonyl (C=O) groups is 1. The van der Waals surface area contributed by atoms with Crippen LogP contribution in [0.5, 0.6) is 0 Å². The molecule has 0 spiro atoms. The van der Waals surface area contributed by atoms with Gasteiger partial charge in [-0.25, -0.2) is 0 Å². The second-order valence-electron chi connectivity index (χ2n) is 6.38. The largest absolute Gasteiger partial charge is 0.348 e. The van der Waals surface area contributed by atoms with E-state index in [4.69, 9.17) is 4.52 Å². The van der Waals surface area contributed by atoms with Crippen molar-refractivity contribution in [2.24, 2.45) is 0 Å². The van der Waals surface area contributed by atoms with E-state index in [0.29, 0.717) is 29.4 Å². The average molecular weight is 370 g/mol. The molecule has 0 saturated carbocycles. The molecule has 0 atom stereocenters. The van der Waals surface area contributed by atoms with Gasteiger partial charge in [-0.1, -0.05) is 47.1 Å². The Morgan fingerprint density at radius 1 is 1.07 bits per heavy atom. The molecule has 2 heterocycles. The molecular weight excluding hydrogens is 352 g/mol. The van der Waals surface area contributed by atoms with Crippen LogP contribution in [0.4, 0.5) is 0 Å². The van der Waals surface area contributed by atoms with Gasteiger partial charge >= 0.3 is 0 Å². The van der Waals surface area contributed by atoms with Gasteiger partial charge in [-0.2, -0.15) is 4.98 Å². The number of rotatable bonds is 5. The molecule has 4 aromatic rings. The summed E-state index contributed by atoms with van der Waals surface area (Å²) >= 11 is 0. The number of hydrogen-bond acceptors (Lipinski definition) is 5. The van der Waals surface area contributed by atoms with Crippen LogP contribution in [-0.2, 0) is 6.54 Å². The fourth-order valence-corrected chi connectivity index (χ4v) is 2.88. The molecular formula is C22H18N4O2. The van der Waals surface area contributed by atoms with Crippen molar-refractivity contribution >= 4 is 5.91 Å². The zero-order chi connectivity index (χ0) is 19.3. The van der Waals surface area contributed by atoms with Crippen molar-refractivity contribution in [3.8, 4) is 22.8 Å². The highest BCUT2D eigenvalue weighted by atomic mass is 16.5. The highest BCUT2D eigenvalue weighted by molar-refractivity contribution is 6.00. The summed E-state index contributed by atoms with van der Waals surface area (Å²) in [6.07, 6.45) is 3.42. The third kappa shape index (κ3) is 3.81. The number of benzene rings is 2. The van der Waals surface area contributed by atoms with Crippen LogP contribution in [0.2, 0.25) is 0 Å². The van der Waals surface area contributed by atoms with Gasteiger partial charge in [-0.3, -0.25) is 9.78 Å². The first kappa shape index (κ1) is 17.6. The average Bonchev–Trinajstić information content (AvgIpc) is 3.23. The van der Waals surface area contributed by atoms with Crippen molar-refractivity contribution in [1.82, 2.24) is 20.4 Å². The monoisotopic (exact) mass is 370 g/mol. The maximum atomic E-state index is 12.7. The second-order valence-corrected chi connectivity index (χ2v) is 6.38. The number of nitrogens with zero attached hydrogens (tertiary/aromatic N) is 3. The van der Waals surface area contributed by atoms with Crippen molar-refractivity contribution in [2.75, 3.05) is 0 Å². The number of aryl methyl sites for hydroxylation is 1. The number of pyridine rings is 1. The summed E-state index contributed by atoms with van der Waals surface area (Å²) in [5.41, 5.74) is 3.98. The highest BCUT2D eigenvalue weighted by Crippen LogP contribution is 2.25. The Bertz CT molecular complexity index is 1110. The van der Waals surface area contributed by atoms with Gasteiger partial charge in [0.25, 0.3) is 11.8 Å². The molecule has 0 bridgehead atoms. The minimum atomic E-state index is -0.213. The summed E-state index contributed by atoms with van der Waals surface area (Å²) in [5, 5.41) is 6.97. The number of carbonyl (C=O) groups excluding carboxylic acids is 1. The molecule has 0 aliphatic carbocycles. The van der Waals surface area contributed by atoms with Crippen molar-refractivity contribution in [1.29, 1.82) is 0 Å². The quantitative estimate of drug-likeness (QED) is 0.573. The molecule has 2 aromatic carbocycles. The molecule has 0 fully saturated rings. The van der Waals surface area contributed by atoms with Gasteiger partial charge in [0.05, 0.1) is 11.1 Å². The van der Waals surface area contributed by atoms with Crippen molar-refractivity contribution < 1.29 is 9.32 Å². The fourth-order valence-electron chi connectivity index (χ4n) is 2.88. The molecule has 1 N–H and O–H groups in total. The first-order valence-electron chi connectivity index (χ1n) is 8.88. The van der Waals surface area contributed by atoms with E-state index in [0.717, 1.165) is 16.7 Å². The molecule has 138 valence electrons. The molecule has 0 unspecified atom stereocenters. The van der Waals surface area contributed by atoms with Gasteiger partial charge in [0.2, 0.25) is 5.82 Å². The lowest BCUT2D eigenvalue weighted by atomic mass is 10.1. The van der Waals surface area contributed by atoms with Crippen molar-refractivity contribution in [3.05, 3.63) is 89.7 Å². The standard InChI is InChI=1S/C22H18N4O2/c1-15-6-4-8-17(12-15)20-25-22(28-26-20)19-10-3-2-9-18(19)21(27)24-14-16-7-5-11-23-13-16/h2-13H,14H2,1H3,(H,24,27). The molecule has 1 amide bonds. The Balaban J connectivity index is 1.59. The van der Waals surface area contributed by atoms with E-state index in [1.54, 1.807) is 30.6 Å². The molecule has 6 nitrogen and oxygen atoms in total. The number of nitrogens with one attached hydrogen (secondary N) is 1. The van der Waals surface area contributed by atoms with Gasteiger partial charge in [0.15, 0.2) is 0 Å². The van der Waals surface area contributed by atoms with E-state index in [2.05, 4.69) is 20.4 Å². The second kappa shape index (κ2) is 7.84. The van der Waals surface area contributed by atoms with E-state index < -0.39 is 0 Å². The lowest BCUT2D eigenvalue weighted by molar-refractivity contribution is 0.0951. The predicted molar refractivity (Wildman–Crippen MR) is 105 cm³/mol. The lowest BCUT2D eigenvalue weighted by Gasteiger charge is -2.07. The fraction of sp³-hybridized carbons (Fsp3) is 0.0909. The van der Waals surface area contributed by atoms with Gasteiger partial charge < -0.3 is 9.84 Å². The maximum Gasteiger partial charge on any atom is 0.259 e. The maximum absolute atomic E-state index is 12.7. The van der Waals surface area contributed by atoms with E-state index >= 15 is 0 Å². The first-order chi connectivity index (χ1) is 13.7. The molecule has 6 heteroatoms. The Hall–Kier alpha value is -3.80. The van der Waals surface area contributed by atoms with Crippen LogP contribution in [0.25, 0.3) is 22.8 Å². The normalized spacial score (nSPS) is 10.6. The molecule has 0 radical (unpaired) electrons. The molecule has 28 heavy (non-hydrogen) atoms. The topological polar surface area (TPSA) is 80.9 Å². The minimum Gasteiger partial charge on any atom is -0.348 e. The summed E-state index contributed by atoms with van der Waals surface area (Å²) in [6.45, 7) is 2.39. The van der Waals surface area contributed by atoms with Crippen molar-refractivity contribution in [3.63, 3.8) is 0 Å². The van der Waals surface area contributed by atoms with Gasteiger partial charge in [-0.15, -0.1) is 0 Å². The zero-order valence-electron chi connectivity index (χ0n) is 15.3. The highest BCUT2D eigenvalue weighted by Gasteiger charge is 2.18. The molecule has 4 rings (SSSR count). The SMILES string of the molecule is Cc1cccc(-c2noc(-c3ccccc3C(=O)NCc3cccnc3)n2)c1. The van der Waals surface area contributed by atoms with Gasteiger partial charge in [-0.05, 0) is 36.8 Å². The zero-order valence-corrected chi connectivity index (χ0v) is 15.3. The third-order valence-electron chi connectivity index (χ3n) is 4.28. The number of hydrogen-bond donors (Lipinski definition) is 1. The van der Waals surface area contributed by atoms with Gasteiger partial charge in [0.1, 0.15) is 0 Å². The van der Waals surface area contributed by atoms with Crippen LogP contribution < -0.4 is 5.32 Å². The van der Waals surface area contributed by atoms with Crippen LogP contribution in [0.15, 0.2) is 77.6 Å². The molecule has 0 aliphatic heterocycles. The lowest BCUT2D eigenvalue weighted by Crippen LogP contribution is -2.23. The Morgan fingerprint density at radius 2 is 1.96 bits per heavy atom. The molecule has 0 aliphatic rings. The van der Waals surface area contributed by atoms with Crippen LogP contribution >= 0.6 is 0 Å². The summed E-state index contributed by atoms with van der Waals surface area (Å²) in [7, 11) is 0. The van der Waals surface area contributed by atoms with E-state index in [1.807, 2.05) is 49.4 Å². The summed E-state index contributed by atoms with van der Waals surface area (Å²) in [4.78, 5) is 21.3. The number of aromatic nitrogens is 3. The van der Waals surface area contributed by atoms with Crippen molar-refractivity contribution in [2.45, 2.75) is 13.5 Å². The molecule has 2 aromatic heterocycles. The van der Waals surface area contributed by atoms with E-state index in [-0.39, 0.29) is 5.91 Å². The van der Waals surface area contributed by atoms with E-state index in [9.17, 15) is 4.79 Å². The Morgan fingerprint density at radius 3 is 2.79 bits per heavy atom. The first-order valence-corrected chi connectivity index (χ1v) is 8.88. The molecule has 0 saturated heterocycles.